The van der Waals surface area contributed by atoms with Crippen molar-refractivity contribution >= 4 is 11.9 Å². The van der Waals surface area contributed by atoms with Gasteiger partial charge in [0.15, 0.2) is 0 Å². The van der Waals surface area contributed by atoms with E-state index in [4.69, 9.17) is 0 Å². The second-order valence-electron chi connectivity index (χ2n) is 2.88. The first kappa shape index (κ1) is 10.3. The lowest BCUT2D eigenvalue weighted by Gasteiger charge is -2.04. The molecule has 2 heteroatoms. The molecule has 0 saturated carbocycles. The van der Waals surface area contributed by atoms with Gasteiger partial charge < -0.3 is 5.32 Å². The van der Waals surface area contributed by atoms with Gasteiger partial charge in [-0.2, -0.15) is 0 Å². The molecule has 1 rings (SSSR count). The number of rotatable bonds is 4. The molecule has 0 bridgehead atoms. The highest BCUT2D eigenvalue weighted by molar-refractivity contribution is 5.55. The molecule has 1 heterocycles. The van der Waals surface area contributed by atoms with Crippen LogP contribution in [-0.2, 0) is 0 Å². The third-order valence-electron chi connectivity index (χ3n) is 1.76. The van der Waals surface area contributed by atoms with E-state index in [1.165, 1.54) is 0 Å². The van der Waals surface area contributed by atoms with Crippen LogP contribution in [0.2, 0.25) is 0 Å². The summed E-state index contributed by atoms with van der Waals surface area (Å²) in [5.74, 6) is 0.843. The molecule has 0 aliphatic rings. The van der Waals surface area contributed by atoms with Gasteiger partial charge in [0.05, 0.1) is 0 Å². The number of aryl methyl sites for hydroxylation is 1. The highest BCUT2D eigenvalue weighted by Crippen LogP contribution is 2.13. The molecule has 0 aliphatic heterocycles. The molecule has 1 N–H and O–H groups in total. The smallest absolute Gasteiger partial charge is 0.132 e. The summed E-state index contributed by atoms with van der Waals surface area (Å²) in [6, 6.07) is 2.05. The summed E-state index contributed by atoms with van der Waals surface area (Å²) in [4.78, 5) is 4.25. The van der Waals surface area contributed by atoms with Crippen molar-refractivity contribution in [2.45, 2.75) is 6.92 Å². The maximum absolute atomic E-state index is 4.25. The van der Waals surface area contributed by atoms with E-state index in [9.17, 15) is 0 Å². The lowest BCUT2D eigenvalue weighted by Crippen LogP contribution is -1.94. The Morgan fingerprint density at radius 3 is 2.79 bits per heavy atom. The van der Waals surface area contributed by atoms with Gasteiger partial charge in [0, 0.05) is 6.20 Å². The summed E-state index contributed by atoms with van der Waals surface area (Å²) in [6.45, 7) is 9.21. The predicted octanol–water partition coefficient (Wildman–Crippen LogP) is 3.14. The van der Waals surface area contributed by atoms with Crippen molar-refractivity contribution in [1.29, 1.82) is 0 Å². The number of nitrogens with zero attached hydrogens (tertiary/aromatic N) is 1. The summed E-state index contributed by atoms with van der Waals surface area (Å²) >= 11 is 0. The zero-order valence-corrected chi connectivity index (χ0v) is 8.33. The van der Waals surface area contributed by atoms with Crippen LogP contribution in [-0.4, -0.2) is 4.98 Å². The average molecular weight is 186 g/mol. The van der Waals surface area contributed by atoms with Gasteiger partial charge in [-0.1, -0.05) is 31.4 Å². The van der Waals surface area contributed by atoms with Crippen molar-refractivity contribution in [1.82, 2.24) is 4.98 Å². The molecule has 0 aromatic carbocycles. The van der Waals surface area contributed by atoms with Crippen molar-refractivity contribution in [3.8, 4) is 0 Å². The molecular formula is C12H14N2. The van der Waals surface area contributed by atoms with Crippen LogP contribution < -0.4 is 5.32 Å². The molecule has 14 heavy (non-hydrogen) atoms. The molecule has 0 saturated heterocycles. The van der Waals surface area contributed by atoms with Crippen molar-refractivity contribution < 1.29 is 0 Å². The first-order valence-corrected chi connectivity index (χ1v) is 4.41. The van der Waals surface area contributed by atoms with Crippen molar-refractivity contribution in [2.24, 2.45) is 0 Å². The maximum Gasteiger partial charge on any atom is 0.132 e. The van der Waals surface area contributed by atoms with Gasteiger partial charge in [0.25, 0.3) is 0 Å². The van der Waals surface area contributed by atoms with Crippen molar-refractivity contribution in [3.05, 3.63) is 54.9 Å². The number of aromatic nitrogens is 1. The monoisotopic (exact) mass is 186 g/mol. The molecule has 1 aromatic rings. The number of nitrogens with one attached hydrogen (secondary N) is 1. The lowest BCUT2D eigenvalue weighted by atomic mass is 10.2. The predicted molar refractivity (Wildman–Crippen MR) is 62.0 cm³/mol. The Morgan fingerprint density at radius 2 is 2.21 bits per heavy atom. The molecule has 0 spiro atoms. The zero-order chi connectivity index (χ0) is 10.4. The Hall–Kier alpha value is -1.83. The maximum atomic E-state index is 4.25. The van der Waals surface area contributed by atoms with E-state index >= 15 is 0 Å². The topological polar surface area (TPSA) is 24.9 Å². The quantitative estimate of drug-likeness (QED) is 0.731. The fraction of sp³-hybridized carbons (Fsp3) is 0.0833. The minimum Gasteiger partial charge on any atom is -0.347 e. The van der Waals surface area contributed by atoms with Crippen LogP contribution in [0.4, 0.5) is 5.82 Å². The summed E-state index contributed by atoms with van der Waals surface area (Å²) in [6.07, 6.45) is 9.01. The Kier molecular flexibility index (Phi) is 3.68. The van der Waals surface area contributed by atoms with Crippen LogP contribution in [0.5, 0.6) is 0 Å². The third-order valence-corrected chi connectivity index (χ3v) is 1.76. The van der Waals surface area contributed by atoms with Crippen LogP contribution in [0.1, 0.15) is 11.1 Å². The summed E-state index contributed by atoms with van der Waals surface area (Å²) in [5.41, 5.74) is 2.16. The number of hydrogen-bond acceptors (Lipinski definition) is 2. The van der Waals surface area contributed by atoms with E-state index in [2.05, 4.69) is 29.5 Å². The van der Waals surface area contributed by atoms with E-state index in [-0.39, 0.29) is 0 Å². The first-order chi connectivity index (χ1) is 6.77. The second kappa shape index (κ2) is 5.02. The summed E-state index contributed by atoms with van der Waals surface area (Å²) in [7, 11) is 0. The van der Waals surface area contributed by atoms with E-state index in [0.29, 0.717) is 0 Å². The van der Waals surface area contributed by atoms with E-state index < -0.39 is 0 Å². The van der Waals surface area contributed by atoms with Gasteiger partial charge in [-0.3, -0.25) is 0 Å². The van der Waals surface area contributed by atoms with E-state index in [0.717, 1.165) is 16.9 Å². The molecule has 1 aromatic heterocycles. The Morgan fingerprint density at radius 1 is 1.43 bits per heavy atom. The Labute approximate surface area is 84.7 Å². The average Bonchev–Trinajstić information content (AvgIpc) is 2.19. The van der Waals surface area contributed by atoms with Crippen LogP contribution in [0, 0.1) is 6.92 Å². The molecule has 2 nitrogen and oxygen atoms in total. The molecule has 72 valence electrons. The third kappa shape index (κ3) is 2.59. The lowest BCUT2D eigenvalue weighted by molar-refractivity contribution is 1.25. The van der Waals surface area contributed by atoms with Crippen molar-refractivity contribution in [3.63, 3.8) is 0 Å². The largest absolute Gasteiger partial charge is 0.347 e. The number of hydrogen-bond donors (Lipinski definition) is 1. The number of pyridine rings is 1. The van der Waals surface area contributed by atoms with Gasteiger partial charge in [-0.05, 0) is 30.3 Å². The van der Waals surface area contributed by atoms with Crippen LogP contribution >= 0.6 is 0 Å². The highest BCUT2D eigenvalue weighted by atomic mass is 15.0. The van der Waals surface area contributed by atoms with Crippen LogP contribution in [0.25, 0.3) is 6.08 Å². The molecule has 0 atom stereocenters. The molecule has 0 unspecified atom stereocenters. The van der Waals surface area contributed by atoms with E-state index in [1.807, 2.05) is 19.1 Å². The van der Waals surface area contributed by atoms with Gasteiger partial charge in [0.1, 0.15) is 5.82 Å². The SMILES string of the molecule is C=C/C=C/c1cnc(NC=C)c(C)c1. The Bertz CT molecular complexity index is 365. The normalized spacial score (nSPS) is 10.1. The fourth-order valence-corrected chi connectivity index (χ4v) is 1.11. The summed E-state index contributed by atoms with van der Waals surface area (Å²) < 4.78 is 0. The number of anilines is 1. The van der Waals surface area contributed by atoms with Gasteiger partial charge in [-0.15, -0.1) is 0 Å². The van der Waals surface area contributed by atoms with Crippen LogP contribution in [0.3, 0.4) is 0 Å². The fourth-order valence-electron chi connectivity index (χ4n) is 1.11. The van der Waals surface area contributed by atoms with Gasteiger partial charge >= 0.3 is 0 Å². The van der Waals surface area contributed by atoms with Crippen molar-refractivity contribution in [2.75, 3.05) is 5.32 Å². The van der Waals surface area contributed by atoms with Gasteiger partial charge in [0.2, 0.25) is 0 Å². The number of allylic oxidation sites excluding steroid dienone is 2. The molecular weight excluding hydrogens is 172 g/mol. The van der Waals surface area contributed by atoms with Gasteiger partial charge in [-0.25, -0.2) is 4.98 Å². The first-order valence-electron chi connectivity index (χ1n) is 4.41. The highest BCUT2D eigenvalue weighted by Gasteiger charge is 1.97. The molecule has 0 aliphatic carbocycles. The Balaban J connectivity index is 2.93. The van der Waals surface area contributed by atoms with Crippen LogP contribution in [0.15, 0.2) is 43.8 Å². The molecule has 0 amide bonds. The zero-order valence-electron chi connectivity index (χ0n) is 8.33. The minimum absolute atomic E-state index is 0.843. The minimum atomic E-state index is 0.843. The van der Waals surface area contributed by atoms with E-state index in [1.54, 1.807) is 18.5 Å². The second-order valence-corrected chi connectivity index (χ2v) is 2.88. The molecule has 0 fully saturated rings. The standard InChI is InChI=1S/C12H14N2/c1-4-6-7-11-8-10(3)12(13-5-2)14-9-11/h4-9H,1-2H2,3H3,(H,13,14)/b7-6+. The summed E-state index contributed by atoms with van der Waals surface area (Å²) in [5, 5.41) is 2.97. The molecule has 0 radical (unpaired) electrons.